The highest BCUT2D eigenvalue weighted by Crippen LogP contribution is 2.24. The van der Waals surface area contributed by atoms with Crippen LogP contribution in [0.4, 0.5) is 0 Å². The fourth-order valence-corrected chi connectivity index (χ4v) is 3.48. The first kappa shape index (κ1) is 25.3. The van der Waals surface area contributed by atoms with Crippen LogP contribution in [0, 0.1) is 0 Å². The molecule has 0 bridgehead atoms. The van der Waals surface area contributed by atoms with E-state index < -0.39 is 6.04 Å². The Labute approximate surface area is 198 Å². The second-order valence-corrected chi connectivity index (χ2v) is 8.51. The lowest BCUT2D eigenvalue weighted by Crippen LogP contribution is -2.51. The van der Waals surface area contributed by atoms with Crippen LogP contribution in [0.5, 0.6) is 5.75 Å². The number of benzene rings is 2. The lowest BCUT2D eigenvalue weighted by Gasteiger charge is -2.31. The fourth-order valence-electron chi connectivity index (χ4n) is 2.98. The maximum atomic E-state index is 13.1. The van der Waals surface area contributed by atoms with E-state index in [1.807, 2.05) is 20.8 Å². The van der Waals surface area contributed by atoms with Crippen LogP contribution in [0.25, 0.3) is 0 Å². The van der Waals surface area contributed by atoms with Crippen molar-refractivity contribution in [2.24, 2.45) is 0 Å². The molecule has 2 rings (SSSR count). The predicted molar refractivity (Wildman–Crippen MR) is 126 cm³/mol. The van der Waals surface area contributed by atoms with E-state index in [-0.39, 0.29) is 31.0 Å². The van der Waals surface area contributed by atoms with Crippen molar-refractivity contribution >= 4 is 46.6 Å². The molecule has 0 saturated carbocycles. The molecule has 0 aliphatic heterocycles. The summed E-state index contributed by atoms with van der Waals surface area (Å²) in [5.74, 6) is -0.0438. The van der Waals surface area contributed by atoms with Crippen molar-refractivity contribution in [2.45, 2.75) is 52.2 Å². The highest BCUT2D eigenvalue weighted by Gasteiger charge is 2.29. The average Bonchev–Trinajstić information content (AvgIpc) is 2.74. The summed E-state index contributed by atoms with van der Waals surface area (Å²) in [6.45, 7) is 5.75. The Bertz CT molecular complexity index is 907. The average molecular weight is 486 g/mol. The lowest BCUT2D eigenvalue weighted by atomic mass is 10.1. The zero-order valence-electron chi connectivity index (χ0n) is 17.8. The van der Waals surface area contributed by atoms with E-state index in [1.165, 1.54) is 4.90 Å². The lowest BCUT2D eigenvalue weighted by molar-refractivity contribution is -0.143. The van der Waals surface area contributed by atoms with Gasteiger partial charge in [-0.3, -0.25) is 9.59 Å². The molecule has 0 radical (unpaired) electrons. The number of carbonyl (C=O) groups is 2. The summed E-state index contributed by atoms with van der Waals surface area (Å²) in [6.07, 6.45) is 1.24. The van der Waals surface area contributed by atoms with E-state index in [2.05, 4.69) is 5.32 Å². The van der Waals surface area contributed by atoms with Gasteiger partial charge < -0.3 is 15.0 Å². The summed E-state index contributed by atoms with van der Waals surface area (Å²) in [4.78, 5) is 27.6. The fraction of sp³-hybridized carbons (Fsp3) is 0.391. The largest absolute Gasteiger partial charge is 0.484 e. The Hall–Kier alpha value is -1.95. The van der Waals surface area contributed by atoms with Gasteiger partial charge in [-0.2, -0.15) is 0 Å². The molecule has 0 saturated heterocycles. The second kappa shape index (κ2) is 12.2. The van der Waals surface area contributed by atoms with Gasteiger partial charge >= 0.3 is 0 Å². The molecule has 0 fully saturated rings. The predicted octanol–water partition coefficient (Wildman–Crippen LogP) is 5.75. The highest BCUT2D eigenvalue weighted by molar-refractivity contribution is 6.42. The molecule has 5 nitrogen and oxygen atoms in total. The third-order valence-electron chi connectivity index (χ3n) is 4.88. The van der Waals surface area contributed by atoms with Crippen molar-refractivity contribution in [2.75, 3.05) is 6.61 Å². The van der Waals surface area contributed by atoms with Crippen LogP contribution in [-0.2, 0) is 16.1 Å². The number of carbonyl (C=O) groups excluding carboxylic acids is 2. The maximum absolute atomic E-state index is 13.1. The minimum absolute atomic E-state index is 0.00573. The van der Waals surface area contributed by atoms with Crippen molar-refractivity contribution < 1.29 is 14.3 Å². The summed E-state index contributed by atoms with van der Waals surface area (Å²) in [5.41, 5.74) is 0.764. The summed E-state index contributed by atoms with van der Waals surface area (Å²) < 4.78 is 5.63. The van der Waals surface area contributed by atoms with Gasteiger partial charge in [0.2, 0.25) is 5.91 Å². The molecule has 0 spiro atoms. The minimum atomic E-state index is -0.654. The molecule has 2 atom stereocenters. The molecule has 0 aromatic heterocycles. The highest BCUT2D eigenvalue weighted by atomic mass is 35.5. The van der Waals surface area contributed by atoms with Crippen LogP contribution in [0.3, 0.4) is 0 Å². The van der Waals surface area contributed by atoms with Crippen LogP contribution in [-0.4, -0.2) is 35.4 Å². The van der Waals surface area contributed by atoms with Crippen LogP contribution in [0.15, 0.2) is 42.5 Å². The molecule has 8 heteroatoms. The van der Waals surface area contributed by atoms with Crippen LogP contribution >= 0.6 is 34.8 Å². The van der Waals surface area contributed by atoms with E-state index in [0.717, 1.165) is 12.0 Å². The Kier molecular flexibility index (Phi) is 9.94. The Balaban J connectivity index is 2.24. The molecule has 0 aliphatic rings. The number of hydrogen-bond acceptors (Lipinski definition) is 3. The van der Waals surface area contributed by atoms with Crippen LogP contribution < -0.4 is 10.1 Å². The third kappa shape index (κ3) is 7.60. The van der Waals surface area contributed by atoms with Crippen LogP contribution in [0.2, 0.25) is 15.1 Å². The molecule has 2 aromatic rings. The maximum Gasteiger partial charge on any atom is 0.261 e. The summed E-state index contributed by atoms with van der Waals surface area (Å²) in [6, 6.07) is 11.3. The van der Waals surface area contributed by atoms with Gasteiger partial charge in [-0.1, -0.05) is 60.8 Å². The Morgan fingerprint density at radius 3 is 2.39 bits per heavy atom. The summed E-state index contributed by atoms with van der Waals surface area (Å²) >= 11 is 18.1. The first-order valence-electron chi connectivity index (χ1n) is 10.2. The summed E-state index contributed by atoms with van der Waals surface area (Å²) in [5, 5.41) is 4.29. The van der Waals surface area contributed by atoms with Gasteiger partial charge in [0.25, 0.3) is 5.91 Å². The molecule has 2 aromatic carbocycles. The Morgan fingerprint density at radius 2 is 1.77 bits per heavy atom. The van der Waals surface area contributed by atoms with Crippen molar-refractivity contribution in [1.82, 2.24) is 10.2 Å². The minimum Gasteiger partial charge on any atom is -0.484 e. The molecular weight excluding hydrogens is 459 g/mol. The molecule has 0 unspecified atom stereocenters. The zero-order valence-corrected chi connectivity index (χ0v) is 20.1. The molecular formula is C23H27Cl3N2O3. The number of halogens is 3. The third-order valence-corrected chi connectivity index (χ3v) is 5.86. The van der Waals surface area contributed by atoms with E-state index in [1.54, 1.807) is 42.5 Å². The SMILES string of the molecule is CC[C@H](C(=O)N[C@@H](C)CC)N(Cc1ccc(Cl)c(Cl)c1)C(=O)COc1cccc(Cl)c1. The first-order valence-corrected chi connectivity index (χ1v) is 11.3. The zero-order chi connectivity index (χ0) is 23.0. The number of ether oxygens (including phenoxy) is 1. The van der Waals surface area contributed by atoms with Crippen LogP contribution in [0.1, 0.15) is 39.2 Å². The second-order valence-electron chi connectivity index (χ2n) is 7.26. The molecule has 0 aliphatic carbocycles. The van der Waals surface area contributed by atoms with Gasteiger partial charge in [0.15, 0.2) is 6.61 Å². The standard InChI is InChI=1S/C23H27Cl3N2O3/c1-4-15(3)27-23(30)21(5-2)28(13-16-9-10-19(25)20(26)11-16)22(29)14-31-18-8-6-7-17(24)12-18/h6-12,15,21H,4-5,13-14H2,1-3H3,(H,27,30)/t15-,21+/m0/s1. The molecule has 0 heterocycles. The summed E-state index contributed by atoms with van der Waals surface area (Å²) in [7, 11) is 0. The quantitative estimate of drug-likeness (QED) is 0.466. The number of nitrogens with zero attached hydrogens (tertiary/aromatic N) is 1. The van der Waals surface area contributed by atoms with Crippen molar-refractivity contribution in [3.63, 3.8) is 0 Å². The molecule has 31 heavy (non-hydrogen) atoms. The van der Waals surface area contributed by atoms with Crippen molar-refractivity contribution in [3.8, 4) is 5.75 Å². The Morgan fingerprint density at radius 1 is 1.03 bits per heavy atom. The first-order chi connectivity index (χ1) is 14.7. The number of amides is 2. The number of nitrogens with one attached hydrogen (secondary N) is 1. The molecule has 2 amide bonds. The van der Waals surface area contributed by atoms with E-state index in [9.17, 15) is 9.59 Å². The molecule has 168 valence electrons. The van der Waals surface area contributed by atoms with Gasteiger partial charge in [-0.15, -0.1) is 0 Å². The van der Waals surface area contributed by atoms with Crippen molar-refractivity contribution in [3.05, 3.63) is 63.1 Å². The van der Waals surface area contributed by atoms with Gasteiger partial charge in [-0.05, 0) is 55.7 Å². The van der Waals surface area contributed by atoms with Crippen molar-refractivity contribution in [1.29, 1.82) is 0 Å². The smallest absolute Gasteiger partial charge is 0.261 e. The van der Waals surface area contributed by atoms with Gasteiger partial charge in [0.1, 0.15) is 11.8 Å². The van der Waals surface area contributed by atoms with E-state index >= 15 is 0 Å². The number of rotatable bonds is 10. The molecule has 1 N–H and O–H groups in total. The van der Waals surface area contributed by atoms with E-state index in [4.69, 9.17) is 39.5 Å². The normalized spacial score (nSPS) is 12.7. The van der Waals surface area contributed by atoms with Gasteiger partial charge in [-0.25, -0.2) is 0 Å². The van der Waals surface area contributed by atoms with Gasteiger partial charge in [0.05, 0.1) is 10.0 Å². The topological polar surface area (TPSA) is 58.6 Å². The monoisotopic (exact) mass is 484 g/mol. The van der Waals surface area contributed by atoms with E-state index in [0.29, 0.717) is 27.2 Å². The number of hydrogen-bond donors (Lipinski definition) is 1. The van der Waals surface area contributed by atoms with Gasteiger partial charge in [0, 0.05) is 17.6 Å².